The first-order valence-corrected chi connectivity index (χ1v) is 10.7. The highest BCUT2D eigenvalue weighted by Gasteiger charge is 2.33. The molecule has 4 N–H and O–H groups in total. The van der Waals surface area contributed by atoms with E-state index in [0.29, 0.717) is 24.8 Å². The molecule has 28 heavy (non-hydrogen) atoms. The van der Waals surface area contributed by atoms with Crippen molar-refractivity contribution in [3.05, 3.63) is 58.4 Å². The number of nitrogens with two attached hydrogens (primary N) is 1. The quantitative estimate of drug-likeness (QED) is 0.641. The Labute approximate surface area is 168 Å². The smallest absolute Gasteiger partial charge is 0.269 e. The van der Waals surface area contributed by atoms with Gasteiger partial charge in [-0.15, -0.1) is 4.83 Å². The molecular formula is C19H21ClFN3O3S. The van der Waals surface area contributed by atoms with E-state index < -0.39 is 27.0 Å². The lowest BCUT2D eigenvalue weighted by Crippen LogP contribution is -2.45. The Morgan fingerprint density at radius 1 is 1.21 bits per heavy atom. The summed E-state index contributed by atoms with van der Waals surface area (Å²) >= 11 is 5.95. The monoisotopic (exact) mass is 425 g/mol. The zero-order chi connectivity index (χ0) is 20.5. The SMILES string of the molecule is Cc1cccc(-c2cc(Cl)c(F)c(C(=O)NNS(=O)(=O)C3CCC(N)C3)c2)c1. The summed E-state index contributed by atoms with van der Waals surface area (Å²) in [6.45, 7) is 1.91. The van der Waals surface area contributed by atoms with Crippen LogP contribution in [-0.2, 0) is 10.0 Å². The zero-order valence-corrected chi connectivity index (χ0v) is 16.8. The van der Waals surface area contributed by atoms with Crippen molar-refractivity contribution in [3.8, 4) is 11.1 Å². The summed E-state index contributed by atoms with van der Waals surface area (Å²) in [5, 5.41) is -0.913. The Morgan fingerprint density at radius 2 is 1.96 bits per heavy atom. The number of aryl methyl sites for hydroxylation is 1. The fourth-order valence-electron chi connectivity index (χ4n) is 3.27. The van der Waals surface area contributed by atoms with E-state index in [2.05, 4.69) is 5.43 Å². The van der Waals surface area contributed by atoms with Gasteiger partial charge in [0.25, 0.3) is 5.91 Å². The van der Waals surface area contributed by atoms with Crippen LogP contribution in [-0.4, -0.2) is 25.6 Å². The van der Waals surface area contributed by atoms with Gasteiger partial charge in [-0.25, -0.2) is 12.8 Å². The standard InChI is InChI=1S/C19H21ClFN3O3S/c1-11-3-2-4-12(7-11)13-8-16(18(21)17(20)9-13)19(25)23-24-28(26,27)15-6-5-14(22)10-15/h2-4,7-9,14-15,24H,5-6,10,22H2,1H3,(H,23,25). The fourth-order valence-corrected chi connectivity index (χ4v) is 4.84. The van der Waals surface area contributed by atoms with Crippen molar-refractivity contribution >= 4 is 27.5 Å². The predicted molar refractivity (Wildman–Crippen MR) is 107 cm³/mol. The molecular weight excluding hydrogens is 405 g/mol. The normalized spacial score (nSPS) is 19.6. The van der Waals surface area contributed by atoms with Crippen LogP contribution in [0.25, 0.3) is 11.1 Å². The molecule has 6 nitrogen and oxygen atoms in total. The Bertz CT molecular complexity index is 1010. The third-order valence-electron chi connectivity index (χ3n) is 4.79. The number of rotatable bonds is 5. The van der Waals surface area contributed by atoms with Crippen molar-refractivity contribution in [3.63, 3.8) is 0 Å². The third kappa shape index (κ3) is 4.52. The van der Waals surface area contributed by atoms with Crippen LogP contribution >= 0.6 is 11.6 Å². The molecule has 3 rings (SSSR count). The Hall–Kier alpha value is -2.00. The molecule has 2 aromatic rings. The fraction of sp³-hybridized carbons (Fsp3) is 0.316. The van der Waals surface area contributed by atoms with Crippen LogP contribution in [0.15, 0.2) is 36.4 Å². The number of hydrogen-bond acceptors (Lipinski definition) is 4. The molecule has 0 heterocycles. The number of hydrazine groups is 1. The predicted octanol–water partition coefficient (Wildman–Crippen LogP) is 2.90. The van der Waals surface area contributed by atoms with Crippen LogP contribution in [0.1, 0.15) is 35.2 Å². The summed E-state index contributed by atoms with van der Waals surface area (Å²) in [7, 11) is -3.80. The third-order valence-corrected chi connectivity index (χ3v) is 6.76. The molecule has 1 aliphatic rings. The van der Waals surface area contributed by atoms with E-state index >= 15 is 0 Å². The minimum absolute atomic E-state index is 0.181. The van der Waals surface area contributed by atoms with Crippen molar-refractivity contribution in [1.82, 2.24) is 10.3 Å². The average Bonchev–Trinajstić information content (AvgIpc) is 3.09. The average molecular weight is 426 g/mol. The van der Waals surface area contributed by atoms with Gasteiger partial charge in [-0.05, 0) is 49.4 Å². The molecule has 2 atom stereocenters. The molecule has 9 heteroatoms. The second-order valence-electron chi connectivity index (χ2n) is 6.99. The van der Waals surface area contributed by atoms with E-state index in [1.807, 2.05) is 36.0 Å². The van der Waals surface area contributed by atoms with Gasteiger partial charge in [0.1, 0.15) is 0 Å². The summed E-state index contributed by atoms with van der Waals surface area (Å²) in [4.78, 5) is 14.5. The zero-order valence-electron chi connectivity index (χ0n) is 15.2. The maximum atomic E-state index is 14.4. The van der Waals surface area contributed by atoms with Crippen molar-refractivity contribution in [2.45, 2.75) is 37.5 Å². The number of halogens is 2. The van der Waals surface area contributed by atoms with Gasteiger partial charge in [-0.2, -0.15) is 0 Å². The summed E-state index contributed by atoms with van der Waals surface area (Å²) < 4.78 is 39.0. The Balaban J connectivity index is 1.81. The molecule has 1 aliphatic carbocycles. The maximum Gasteiger partial charge on any atom is 0.269 e. The van der Waals surface area contributed by atoms with E-state index in [-0.39, 0.29) is 16.6 Å². The van der Waals surface area contributed by atoms with Crippen molar-refractivity contribution < 1.29 is 17.6 Å². The summed E-state index contributed by atoms with van der Waals surface area (Å²) in [5.41, 5.74) is 9.76. The highest BCUT2D eigenvalue weighted by Crippen LogP contribution is 2.28. The van der Waals surface area contributed by atoms with Gasteiger partial charge in [0, 0.05) is 6.04 Å². The molecule has 1 amide bonds. The highest BCUT2D eigenvalue weighted by atomic mass is 35.5. The molecule has 0 aromatic heterocycles. The van der Waals surface area contributed by atoms with Gasteiger partial charge in [-0.1, -0.05) is 41.4 Å². The van der Waals surface area contributed by atoms with Crippen molar-refractivity contribution in [1.29, 1.82) is 0 Å². The molecule has 150 valence electrons. The maximum absolute atomic E-state index is 14.4. The number of carbonyl (C=O) groups is 1. The van der Waals surface area contributed by atoms with Crippen LogP contribution in [0.5, 0.6) is 0 Å². The van der Waals surface area contributed by atoms with E-state index in [1.165, 1.54) is 12.1 Å². The highest BCUT2D eigenvalue weighted by molar-refractivity contribution is 7.90. The topological polar surface area (TPSA) is 101 Å². The van der Waals surface area contributed by atoms with Gasteiger partial charge in [0.2, 0.25) is 10.0 Å². The first-order chi connectivity index (χ1) is 13.2. The molecule has 1 saturated carbocycles. The van der Waals surface area contributed by atoms with E-state index in [0.717, 1.165) is 11.1 Å². The molecule has 0 radical (unpaired) electrons. The Kier molecular flexibility index (Phi) is 6.04. The summed E-state index contributed by atoms with van der Waals surface area (Å²) in [6, 6.07) is 10.0. The molecule has 2 aromatic carbocycles. The largest absolute Gasteiger partial charge is 0.328 e. The second kappa shape index (κ2) is 8.16. The van der Waals surface area contributed by atoms with Gasteiger partial charge >= 0.3 is 0 Å². The van der Waals surface area contributed by atoms with Gasteiger partial charge in [-0.3, -0.25) is 10.2 Å². The molecule has 0 bridgehead atoms. The molecule has 1 fully saturated rings. The lowest BCUT2D eigenvalue weighted by atomic mass is 10.0. The molecule has 0 saturated heterocycles. The molecule has 0 spiro atoms. The van der Waals surface area contributed by atoms with E-state index in [4.69, 9.17) is 17.3 Å². The van der Waals surface area contributed by atoms with Crippen LogP contribution in [0, 0.1) is 12.7 Å². The molecule has 0 aliphatic heterocycles. The van der Waals surface area contributed by atoms with Crippen LogP contribution in [0.4, 0.5) is 4.39 Å². The minimum Gasteiger partial charge on any atom is -0.328 e. The van der Waals surface area contributed by atoms with Crippen LogP contribution in [0.3, 0.4) is 0 Å². The number of hydrogen-bond donors (Lipinski definition) is 3. The number of sulfonamides is 1. The summed E-state index contributed by atoms with van der Waals surface area (Å²) in [5.74, 6) is -1.85. The lowest BCUT2D eigenvalue weighted by Gasteiger charge is -2.14. The summed E-state index contributed by atoms with van der Waals surface area (Å²) in [6.07, 6.45) is 1.33. The second-order valence-corrected chi connectivity index (χ2v) is 9.35. The first-order valence-electron chi connectivity index (χ1n) is 8.80. The minimum atomic E-state index is -3.80. The lowest BCUT2D eigenvalue weighted by molar-refractivity contribution is 0.0941. The number of carbonyl (C=O) groups excluding carboxylic acids is 1. The van der Waals surface area contributed by atoms with Gasteiger partial charge < -0.3 is 5.73 Å². The Morgan fingerprint density at radius 3 is 2.61 bits per heavy atom. The first kappa shape index (κ1) is 20.7. The van der Waals surface area contributed by atoms with Gasteiger partial charge in [0.15, 0.2) is 5.82 Å². The van der Waals surface area contributed by atoms with Crippen molar-refractivity contribution in [2.75, 3.05) is 0 Å². The van der Waals surface area contributed by atoms with E-state index in [9.17, 15) is 17.6 Å². The molecule has 2 unspecified atom stereocenters. The number of amides is 1. The van der Waals surface area contributed by atoms with Crippen LogP contribution in [0.2, 0.25) is 5.02 Å². The van der Waals surface area contributed by atoms with Crippen molar-refractivity contribution in [2.24, 2.45) is 5.73 Å². The number of benzene rings is 2. The van der Waals surface area contributed by atoms with E-state index in [1.54, 1.807) is 0 Å². The van der Waals surface area contributed by atoms with Gasteiger partial charge in [0.05, 0.1) is 15.8 Å². The van der Waals surface area contributed by atoms with Crippen LogP contribution < -0.4 is 16.0 Å². The number of nitrogens with one attached hydrogen (secondary N) is 2.